The summed E-state index contributed by atoms with van der Waals surface area (Å²) in [4.78, 5) is 34.7. The Balaban J connectivity index is 1.54. The second-order valence-electron chi connectivity index (χ2n) is 7.45. The standard InChI is InChI=1S/C21H25NO6/c1-12-9-19(23)28-18-10-16(7-8-17(12)18)27-13(2)20(24)22-11-14-3-5-15(6-4-14)21(25)26/h7-10,13-15H,3-6,11H2,1-2H3,(H,22,24)(H,25,26)/p-1/t13-,14?,15?/m1/s1. The molecule has 0 saturated heterocycles. The largest absolute Gasteiger partial charge is 0.550 e. The van der Waals surface area contributed by atoms with Crippen molar-refractivity contribution >= 4 is 22.8 Å². The van der Waals surface area contributed by atoms with E-state index >= 15 is 0 Å². The Morgan fingerprint density at radius 2 is 1.96 bits per heavy atom. The average Bonchev–Trinajstić information content (AvgIpc) is 2.65. The third-order valence-electron chi connectivity index (χ3n) is 5.35. The lowest BCUT2D eigenvalue weighted by Crippen LogP contribution is -2.40. The zero-order chi connectivity index (χ0) is 20.3. The second kappa shape index (κ2) is 8.46. The number of benzene rings is 1. The van der Waals surface area contributed by atoms with Gasteiger partial charge in [-0.3, -0.25) is 4.79 Å². The Morgan fingerprint density at radius 3 is 2.64 bits per heavy atom. The molecule has 1 aromatic carbocycles. The predicted octanol–water partition coefficient (Wildman–Crippen LogP) is 1.54. The fraction of sp³-hybridized carbons (Fsp3) is 0.476. The minimum atomic E-state index is -0.981. The minimum Gasteiger partial charge on any atom is -0.550 e. The molecule has 3 rings (SSSR count). The number of ether oxygens (including phenoxy) is 1. The highest BCUT2D eigenvalue weighted by molar-refractivity contribution is 5.82. The van der Waals surface area contributed by atoms with Crippen LogP contribution in [0.5, 0.6) is 5.75 Å². The number of fused-ring (bicyclic) bond motifs is 1. The van der Waals surface area contributed by atoms with Crippen molar-refractivity contribution in [3.05, 3.63) is 40.2 Å². The Kier molecular flexibility index (Phi) is 6.02. The predicted molar refractivity (Wildman–Crippen MR) is 101 cm³/mol. The zero-order valence-corrected chi connectivity index (χ0v) is 16.0. The summed E-state index contributed by atoms with van der Waals surface area (Å²) in [5, 5.41) is 14.6. The lowest BCUT2D eigenvalue weighted by atomic mass is 9.82. The molecule has 1 aromatic heterocycles. The monoisotopic (exact) mass is 386 g/mol. The van der Waals surface area contributed by atoms with Crippen LogP contribution in [0.3, 0.4) is 0 Å². The average molecular weight is 386 g/mol. The van der Waals surface area contributed by atoms with Gasteiger partial charge in [-0.2, -0.15) is 0 Å². The van der Waals surface area contributed by atoms with E-state index in [1.165, 1.54) is 6.07 Å². The van der Waals surface area contributed by atoms with Gasteiger partial charge in [0.1, 0.15) is 11.3 Å². The highest BCUT2D eigenvalue weighted by Crippen LogP contribution is 2.28. The van der Waals surface area contributed by atoms with E-state index in [0.29, 0.717) is 30.7 Å². The van der Waals surface area contributed by atoms with Crippen molar-refractivity contribution < 1.29 is 23.8 Å². The number of hydrogen-bond acceptors (Lipinski definition) is 6. The molecule has 1 atom stereocenters. The minimum absolute atomic E-state index is 0.243. The van der Waals surface area contributed by atoms with Crippen LogP contribution in [-0.2, 0) is 9.59 Å². The summed E-state index contributed by atoms with van der Waals surface area (Å²) in [6.45, 7) is 3.98. The van der Waals surface area contributed by atoms with Gasteiger partial charge in [-0.15, -0.1) is 0 Å². The van der Waals surface area contributed by atoms with E-state index in [1.54, 1.807) is 25.1 Å². The number of carboxylic acids is 1. The van der Waals surface area contributed by atoms with Crippen LogP contribution in [-0.4, -0.2) is 24.5 Å². The maximum absolute atomic E-state index is 12.3. The number of carboxylic acid groups (broad SMARTS) is 1. The van der Waals surface area contributed by atoms with Crippen LogP contribution in [0.4, 0.5) is 0 Å². The third kappa shape index (κ3) is 4.71. The molecule has 28 heavy (non-hydrogen) atoms. The van der Waals surface area contributed by atoms with Crippen molar-refractivity contribution in [2.45, 2.75) is 45.6 Å². The van der Waals surface area contributed by atoms with E-state index < -0.39 is 17.7 Å². The van der Waals surface area contributed by atoms with Crippen LogP contribution in [0.25, 0.3) is 11.0 Å². The molecule has 1 amide bonds. The normalized spacial score (nSPS) is 20.5. The van der Waals surface area contributed by atoms with Gasteiger partial charge in [-0.1, -0.05) is 0 Å². The maximum Gasteiger partial charge on any atom is 0.336 e. The van der Waals surface area contributed by atoms with Gasteiger partial charge in [-0.25, -0.2) is 4.79 Å². The van der Waals surface area contributed by atoms with Crippen LogP contribution < -0.4 is 20.8 Å². The molecule has 7 nitrogen and oxygen atoms in total. The number of rotatable bonds is 6. The Labute approximate surface area is 162 Å². The molecule has 1 aliphatic rings. The Hall–Kier alpha value is -2.83. The highest BCUT2D eigenvalue weighted by atomic mass is 16.5. The lowest BCUT2D eigenvalue weighted by molar-refractivity contribution is -0.312. The molecule has 1 aliphatic carbocycles. The molecule has 0 radical (unpaired) electrons. The molecule has 0 spiro atoms. The first kappa shape index (κ1) is 19.9. The van der Waals surface area contributed by atoms with E-state index in [9.17, 15) is 19.5 Å². The zero-order valence-electron chi connectivity index (χ0n) is 16.0. The first-order valence-electron chi connectivity index (χ1n) is 9.53. The first-order valence-corrected chi connectivity index (χ1v) is 9.53. The fourth-order valence-corrected chi connectivity index (χ4v) is 3.63. The van der Waals surface area contributed by atoms with E-state index in [0.717, 1.165) is 23.8 Å². The van der Waals surface area contributed by atoms with Crippen molar-refractivity contribution in [1.82, 2.24) is 5.32 Å². The van der Waals surface area contributed by atoms with Gasteiger partial charge < -0.3 is 24.4 Å². The van der Waals surface area contributed by atoms with E-state index in [4.69, 9.17) is 9.15 Å². The third-order valence-corrected chi connectivity index (χ3v) is 5.35. The summed E-state index contributed by atoms with van der Waals surface area (Å²) < 4.78 is 10.9. The number of hydrogen-bond donors (Lipinski definition) is 1. The smallest absolute Gasteiger partial charge is 0.336 e. The fourth-order valence-electron chi connectivity index (χ4n) is 3.63. The van der Waals surface area contributed by atoms with E-state index in [2.05, 4.69) is 5.32 Å². The van der Waals surface area contributed by atoms with Crippen LogP contribution in [0, 0.1) is 18.8 Å². The van der Waals surface area contributed by atoms with Gasteiger partial charge in [0, 0.05) is 30.0 Å². The quantitative estimate of drug-likeness (QED) is 0.755. The van der Waals surface area contributed by atoms with Crippen LogP contribution in [0.15, 0.2) is 33.5 Å². The molecule has 1 heterocycles. The number of nitrogens with one attached hydrogen (secondary N) is 1. The molecule has 0 aliphatic heterocycles. The summed E-state index contributed by atoms with van der Waals surface area (Å²) in [7, 11) is 0. The van der Waals surface area contributed by atoms with Gasteiger partial charge in [0.15, 0.2) is 6.10 Å². The van der Waals surface area contributed by atoms with Crippen molar-refractivity contribution in [3.63, 3.8) is 0 Å². The second-order valence-corrected chi connectivity index (χ2v) is 7.45. The van der Waals surface area contributed by atoms with Gasteiger partial charge >= 0.3 is 5.63 Å². The summed E-state index contributed by atoms with van der Waals surface area (Å²) in [5.41, 5.74) is 0.804. The lowest BCUT2D eigenvalue weighted by Gasteiger charge is -2.29. The molecule has 1 fully saturated rings. The number of carbonyl (C=O) groups is 2. The van der Waals surface area contributed by atoms with Crippen LogP contribution in [0.1, 0.15) is 38.2 Å². The Bertz CT molecular complexity index is 926. The Morgan fingerprint density at radius 1 is 1.25 bits per heavy atom. The number of carbonyl (C=O) groups excluding carboxylic acids is 2. The van der Waals surface area contributed by atoms with Crippen LogP contribution in [0.2, 0.25) is 0 Å². The van der Waals surface area contributed by atoms with E-state index in [1.807, 2.05) is 6.92 Å². The molecule has 1 N–H and O–H groups in total. The molecule has 1 saturated carbocycles. The van der Waals surface area contributed by atoms with Gasteiger partial charge in [-0.05, 0) is 69.1 Å². The summed E-state index contributed by atoms with van der Waals surface area (Å²) in [6.07, 6.45) is 2.00. The molecule has 150 valence electrons. The van der Waals surface area contributed by atoms with E-state index in [-0.39, 0.29) is 17.7 Å². The van der Waals surface area contributed by atoms with Gasteiger partial charge in [0.2, 0.25) is 0 Å². The van der Waals surface area contributed by atoms with Crippen molar-refractivity contribution in [1.29, 1.82) is 0 Å². The van der Waals surface area contributed by atoms with Crippen molar-refractivity contribution in [2.75, 3.05) is 6.54 Å². The summed E-state index contributed by atoms with van der Waals surface area (Å²) in [6, 6.07) is 6.57. The molecule has 0 bridgehead atoms. The van der Waals surface area contributed by atoms with Gasteiger partial charge in [0.25, 0.3) is 5.91 Å². The molecular weight excluding hydrogens is 362 g/mol. The molecule has 2 aromatic rings. The number of amides is 1. The maximum atomic E-state index is 12.3. The first-order chi connectivity index (χ1) is 13.3. The SMILES string of the molecule is Cc1cc(=O)oc2cc(O[C@H](C)C(=O)NCC3CCC(C(=O)[O-])CC3)ccc12. The number of aryl methyl sites for hydroxylation is 1. The summed E-state index contributed by atoms with van der Waals surface area (Å²) >= 11 is 0. The molecular formula is C21H24NO6-. The summed E-state index contributed by atoms with van der Waals surface area (Å²) in [5.74, 6) is -0.882. The topological polar surface area (TPSA) is 109 Å². The van der Waals surface area contributed by atoms with Crippen LogP contribution >= 0.6 is 0 Å². The molecule has 7 heteroatoms. The van der Waals surface area contributed by atoms with Crippen molar-refractivity contribution in [2.24, 2.45) is 11.8 Å². The number of aliphatic carboxylic acids is 1. The highest BCUT2D eigenvalue weighted by Gasteiger charge is 2.23. The van der Waals surface area contributed by atoms with Crippen molar-refractivity contribution in [3.8, 4) is 5.75 Å². The van der Waals surface area contributed by atoms with Gasteiger partial charge in [0.05, 0.1) is 0 Å². The molecule has 0 unspecified atom stereocenters.